The molecule has 0 saturated heterocycles. The van der Waals surface area contributed by atoms with E-state index in [1.807, 2.05) is 13.0 Å². The molecule has 0 bridgehead atoms. The zero-order valence-electron chi connectivity index (χ0n) is 17.8. The van der Waals surface area contributed by atoms with Crippen molar-refractivity contribution >= 4 is 22.6 Å². The van der Waals surface area contributed by atoms with Crippen molar-refractivity contribution in [2.24, 2.45) is 0 Å². The van der Waals surface area contributed by atoms with E-state index in [0.29, 0.717) is 35.2 Å². The molecule has 1 amide bonds. The Balaban J connectivity index is 1.46. The van der Waals surface area contributed by atoms with Crippen molar-refractivity contribution in [3.8, 4) is 11.5 Å². The summed E-state index contributed by atoms with van der Waals surface area (Å²) in [6.45, 7) is 4.17. The summed E-state index contributed by atoms with van der Waals surface area (Å²) in [5.74, 6) is 0.0573. The van der Waals surface area contributed by atoms with Gasteiger partial charge in [0.25, 0.3) is 11.5 Å². The molecule has 0 saturated carbocycles. The van der Waals surface area contributed by atoms with Gasteiger partial charge < -0.3 is 19.5 Å². The Labute approximate surface area is 183 Å². The normalized spacial score (nSPS) is 13.1. The first-order valence-electron chi connectivity index (χ1n) is 10.3. The van der Waals surface area contributed by atoms with Gasteiger partial charge in [0.15, 0.2) is 23.3 Å². The SMILES string of the molecule is CCCn1nc(C(=O)OC(C)C(=O)NCc2ccc3c(c2)OCO3)c2ccccc2c1=O. The van der Waals surface area contributed by atoms with Crippen LogP contribution in [0.4, 0.5) is 0 Å². The fourth-order valence-corrected chi connectivity index (χ4v) is 3.40. The summed E-state index contributed by atoms with van der Waals surface area (Å²) >= 11 is 0. The van der Waals surface area contributed by atoms with E-state index < -0.39 is 18.0 Å². The maximum Gasteiger partial charge on any atom is 0.360 e. The number of carbonyl (C=O) groups is 2. The van der Waals surface area contributed by atoms with Crippen molar-refractivity contribution in [2.45, 2.75) is 39.5 Å². The van der Waals surface area contributed by atoms with E-state index in [2.05, 4.69) is 10.4 Å². The van der Waals surface area contributed by atoms with Crippen LogP contribution in [0.3, 0.4) is 0 Å². The smallest absolute Gasteiger partial charge is 0.360 e. The number of aryl methyl sites for hydroxylation is 1. The summed E-state index contributed by atoms with van der Waals surface area (Å²) < 4.78 is 17.2. The number of rotatable bonds is 7. The standard InChI is InChI=1S/C23H23N3O6/c1-3-10-26-22(28)17-7-5-4-6-16(17)20(25-26)23(29)32-14(2)21(27)24-12-15-8-9-18-19(11-15)31-13-30-18/h4-9,11,14H,3,10,12-13H2,1-2H3,(H,24,27). The van der Waals surface area contributed by atoms with Gasteiger partial charge in [0.2, 0.25) is 6.79 Å². The molecule has 32 heavy (non-hydrogen) atoms. The maximum absolute atomic E-state index is 12.8. The van der Waals surface area contributed by atoms with Crippen LogP contribution >= 0.6 is 0 Å². The molecule has 0 aliphatic carbocycles. The molecule has 4 rings (SSSR count). The Morgan fingerprint density at radius 1 is 1.16 bits per heavy atom. The largest absolute Gasteiger partial charge is 0.454 e. The van der Waals surface area contributed by atoms with Crippen molar-refractivity contribution in [2.75, 3.05) is 6.79 Å². The highest BCUT2D eigenvalue weighted by Gasteiger charge is 2.23. The third kappa shape index (κ3) is 4.27. The second kappa shape index (κ2) is 9.09. The van der Waals surface area contributed by atoms with Gasteiger partial charge in [0.1, 0.15) is 0 Å². The quantitative estimate of drug-likeness (QED) is 0.566. The molecule has 1 aliphatic rings. The summed E-state index contributed by atoms with van der Waals surface area (Å²) in [7, 11) is 0. The molecule has 3 aromatic rings. The summed E-state index contributed by atoms with van der Waals surface area (Å²) in [5, 5.41) is 7.71. The first kappa shape index (κ1) is 21.4. The predicted octanol–water partition coefficient (Wildman–Crippen LogP) is 2.40. The Morgan fingerprint density at radius 3 is 2.69 bits per heavy atom. The first-order chi connectivity index (χ1) is 15.5. The van der Waals surface area contributed by atoms with Crippen molar-refractivity contribution in [3.63, 3.8) is 0 Å². The average Bonchev–Trinajstić information content (AvgIpc) is 3.27. The van der Waals surface area contributed by atoms with Crippen LogP contribution < -0.4 is 20.3 Å². The maximum atomic E-state index is 12.8. The van der Waals surface area contributed by atoms with Crippen LogP contribution in [0, 0.1) is 0 Å². The number of hydrogen-bond donors (Lipinski definition) is 1. The van der Waals surface area contributed by atoms with Crippen molar-refractivity contribution in [1.29, 1.82) is 0 Å². The molecular weight excluding hydrogens is 414 g/mol. The highest BCUT2D eigenvalue weighted by Crippen LogP contribution is 2.32. The summed E-state index contributed by atoms with van der Waals surface area (Å²) in [6.07, 6.45) is -0.373. The van der Waals surface area contributed by atoms with Gasteiger partial charge in [0.05, 0.1) is 5.39 Å². The molecule has 2 aromatic carbocycles. The molecule has 9 nitrogen and oxygen atoms in total. The number of benzene rings is 2. The van der Waals surface area contributed by atoms with Gasteiger partial charge in [-0.1, -0.05) is 31.2 Å². The van der Waals surface area contributed by atoms with Gasteiger partial charge in [-0.15, -0.1) is 0 Å². The zero-order chi connectivity index (χ0) is 22.7. The van der Waals surface area contributed by atoms with Gasteiger partial charge in [-0.3, -0.25) is 9.59 Å². The van der Waals surface area contributed by atoms with Gasteiger partial charge in [-0.2, -0.15) is 5.10 Å². The van der Waals surface area contributed by atoms with Crippen LogP contribution in [0.15, 0.2) is 47.3 Å². The van der Waals surface area contributed by atoms with Crippen LogP contribution in [-0.2, 0) is 22.6 Å². The summed E-state index contributed by atoms with van der Waals surface area (Å²) in [4.78, 5) is 37.9. The van der Waals surface area contributed by atoms with Crippen LogP contribution in [0.5, 0.6) is 11.5 Å². The molecule has 1 atom stereocenters. The number of nitrogens with one attached hydrogen (secondary N) is 1. The minimum Gasteiger partial charge on any atom is -0.454 e. The lowest BCUT2D eigenvalue weighted by molar-refractivity contribution is -0.129. The number of nitrogens with zero attached hydrogens (tertiary/aromatic N) is 2. The molecule has 2 heterocycles. The van der Waals surface area contributed by atoms with E-state index in [0.717, 1.165) is 5.56 Å². The molecule has 9 heteroatoms. The second-order valence-electron chi connectivity index (χ2n) is 7.38. The molecule has 1 aliphatic heterocycles. The molecule has 0 radical (unpaired) electrons. The lowest BCUT2D eigenvalue weighted by atomic mass is 10.1. The molecule has 1 aromatic heterocycles. The van der Waals surface area contributed by atoms with Crippen molar-refractivity contribution < 1.29 is 23.8 Å². The Hall–Kier alpha value is -3.88. The van der Waals surface area contributed by atoms with E-state index in [1.54, 1.807) is 36.4 Å². The topological polar surface area (TPSA) is 109 Å². The lowest BCUT2D eigenvalue weighted by Crippen LogP contribution is -2.36. The fraction of sp³-hybridized carbons (Fsp3) is 0.304. The van der Waals surface area contributed by atoms with Crippen LogP contribution in [0.25, 0.3) is 10.8 Å². The van der Waals surface area contributed by atoms with Crippen molar-refractivity contribution in [3.05, 3.63) is 64.1 Å². The van der Waals surface area contributed by atoms with Gasteiger partial charge in [0, 0.05) is 18.5 Å². The van der Waals surface area contributed by atoms with Gasteiger partial charge in [-0.25, -0.2) is 9.48 Å². The highest BCUT2D eigenvalue weighted by molar-refractivity contribution is 6.02. The van der Waals surface area contributed by atoms with E-state index in [1.165, 1.54) is 11.6 Å². The summed E-state index contributed by atoms with van der Waals surface area (Å²) in [6, 6.07) is 12.1. The summed E-state index contributed by atoms with van der Waals surface area (Å²) in [5.41, 5.74) is 0.554. The van der Waals surface area contributed by atoms with Crippen LogP contribution in [0.1, 0.15) is 36.3 Å². The molecule has 1 N–H and O–H groups in total. The van der Waals surface area contributed by atoms with Crippen LogP contribution in [0.2, 0.25) is 0 Å². The molecule has 0 fully saturated rings. The fourth-order valence-electron chi connectivity index (χ4n) is 3.40. The predicted molar refractivity (Wildman–Crippen MR) is 116 cm³/mol. The van der Waals surface area contributed by atoms with E-state index >= 15 is 0 Å². The van der Waals surface area contributed by atoms with E-state index in [4.69, 9.17) is 14.2 Å². The van der Waals surface area contributed by atoms with E-state index in [-0.39, 0.29) is 24.6 Å². The number of hydrogen-bond acceptors (Lipinski definition) is 7. The molecular formula is C23H23N3O6. The Kier molecular flexibility index (Phi) is 6.07. The highest BCUT2D eigenvalue weighted by atomic mass is 16.7. The number of carbonyl (C=O) groups excluding carboxylic acids is 2. The third-order valence-electron chi connectivity index (χ3n) is 5.05. The van der Waals surface area contributed by atoms with Crippen LogP contribution in [-0.4, -0.2) is 34.6 Å². The lowest BCUT2D eigenvalue weighted by Gasteiger charge is -2.15. The first-order valence-corrected chi connectivity index (χ1v) is 10.3. The molecule has 0 spiro atoms. The molecule has 166 valence electrons. The minimum atomic E-state index is -1.05. The number of ether oxygens (including phenoxy) is 3. The zero-order valence-corrected chi connectivity index (χ0v) is 17.8. The number of fused-ring (bicyclic) bond motifs is 2. The van der Waals surface area contributed by atoms with Gasteiger partial charge >= 0.3 is 5.97 Å². The van der Waals surface area contributed by atoms with Gasteiger partial charge in [-0.05, 0) is 37.1 Å². The second-order valence-corrected chi connectivity index (χ2v) is 7.38. The Bertz CT molecular complexity index is 1240. The third-order valence-corrected chi connectivity index (χ3v) is 5.05. The number of aromatic nitrogens is 2. The van der Waals surface area contributed by atoms with Crippen molar-refractivity contribution in [1.82, 2.24) is 15.1 Å². The number of esters is 1. The Morgan fingerprint density at radius 2 is 1.91 bits per heavy atom. The van der Waals surface area contributed by atoms with E-state index in [9.17, 15) is 14.4 Å². The average molecular weight is 437 g/mol. The monoisotopic (exact) mass is 437 g/mol. The minimum absolute atomic E-state index is 0.00377. The molecule has 1 unspecified atom stereocenters. The number of amides is 1.